The van der Waals surface area contributed by atoms with Gasteiger partial charge >= 0.3 is 0 Å². The average molecular weight is 385 g/mol. The van der Waals surface area contributed by atoms with Gasteiger partial charge in [-0.25, -0.2) is 18.1 Å². The van der Waals surface area contributed by atoms with Gasteiger partial charge in [-0.2, -0.15) is 0 Å². The summed E-state index contributed by atoms with van der Waals surface area (Å²) in [6.45, 7) is 3.84. The maximum atomic E-state index is 12.8. The molecule has 0 spiro atoms. The number of aryl methyl sites for hydroxylation is 2. The molecule has 0 bridgehead atoms. The monoisotopic (exact) mass is 385 g/mol. The molecule has 27 heavy (non-hydrogen) atoms. The number of hydrogen-bond donors (Lipinski definition) is 1. The number of hydrogen-bond acceptors (Lipinski definition) is 4. The molecule has 1 atom stereocenters. The summed E-state index contributed by atoms with van der Waals surface area (Å²) in [6.07, 6.45) is 1.18. The molecule has 6 nitrogen and oxygen atoms in total. The van der Waals surface area contributed by atoms with Crippen LogP contribution in [0.25, 0.3) is 11.0 Å². The van der Waals surface area contributed by atoms with Gasteiger partial charge in [0.25, 0.3) is 5.56 Å². The zero-order valence-corrected chi connectivity index (χ0v) is 16.5. The Labute approximate surface area is 158 Å². The molecule has 0 amide bonds. The number of fused-ring (bicyclic) bond motifs is 1. The second-order valence-corrected chi connectivity index (χ2v) is 8.34. The molecule has 7 heteroatoms. The van der Waals surface area contributed by atoms with Crippen LogP contribution in [0.5, 0.6) is 0 Å². The minimum absolute atomic E-state index is 0.173. The second kappa shape index (κ2) is 7.62. The molecule has 1 N–H and O–H groups in total. The third kappa shape index (κ3) is 3.94. The SMILES string of the molecule is CCCC(NS(=O)(=O)c1ccc(C)cc1)c1nc2ccccc2n(C)c1=O. The quantitative estimate of drug-likeness (QED) is 0.707. The van der Waals surface area contributed by atoms with Crippen molar-refractivity contribution in [1.82, 2.24) is 14.3 Å². The predicted octanol–water partition coefficient (Wildman–Crippen LogP) is 3.06. The van der Waals surface area contributed by atoms with E-state index in [4.69, 9.17) is 0 Å². The highest BCUT2D eigenvalue weighted by Gasteiger charge is 2.25. The topological polar surface area (TPSA) is 81.1 Å². The maximum absolute atomic E-state index is 12.8. The fourth-order valence-corrected chi connectivity index (χ4v) is 4.28. The van der Waals surface area contributed by atoms with Crippen LogP contribution >= 0.6 is 0 Å². The van der Waals surface area contributed by atoms with Crippen LogP contribution in [0, 0.1) is 6.92 Å². The van der Waals surface area contributed by atoms with Crippen LogP contribution < -0.4 is 10.3 Å². The lowest BCUT2D eigenvalue weighted by Gasteiger charge is -2.19. The van der Waals surface area contributed by atoms with Gasteiger partial charge in [-0.15, -0.1) is 0 Å². The molecule has 0 radical (unpaired) electrons. The van der Waals surface area contributed by atoms with E-state index in [1.807, 2.05) is 38.1 Å². The Bertz CT molecular complexity index is 1120. The van der Waals surface area contributed by atoms with Crippen LogP contribution in [-0.4, -0.2) is 18.0 Å². The molecule has 1 aromatic heterocycles. The summed E-state index contributed by atoms with van der Waals surface area (Å²) in [5.41, 5.74) is 2.27. The van der Waals surface area contributed by atoms with Gasteiger partial charge in [-0.1, -0.05) is 43.2 Å². The van der Waals surface area contributed by atoms with Gasteiger partial charge in [-0.05, 0) is 37.6 Å². The lowest BCUT2D eigenvalue weighted by Crippen LogP contribution is -2.35. The van der Waals surface area contributed by atoms with Crippen molar-refractivity contribution in [3.05, 3.63) is 70.1 Å². The summed E-state index contributed by atoms with van der Waals surface area (Å²) in [7, 11) is -2.09. The number of nitrogens with zero attached hydrogens (tertiary/aromatic N) is 2. The predicted molar refractivity (Wildman–Crippen MR) is 106 cm³/mol. The number of sulfonamides is 1. The van der Waals surface area contributed by atoms with E-state index >= 15 is 0 Å². The van der Waals surface area contributed by atoms with Gasteiger partial charge in [0.05, 0.1) is 22.0 Å². The van der Waals surface area contributed by atoms with E-state index < -0.39 is 16.1 Å². The Balaban J connectivity index is 2.06. The van der Waals surface area contributed by atoms with Crippen LogP contribution in [0.4, 0.5) is 0 Å². The van der Waals surface area contributed by atoms with Crippen molar-refractivity contribution in [1.29, 1.82) is 0 Å². The number of nitrogens with one attached hydrogen (secondary N) is 1. The largest absolute Gasteiger partial charge is 0.308 e. The first-order valence-electron chi connectivity index (χ1n) is 8.88. The first-order chi connectivity index (χ1) is 12.8. The minimum Gasteiger partial charge on any atom is -0.308 e. The number of rotatable bonds is 6. The van der Waals surface area contributed by atoms with Crippen molar-refractivity contribution in [3.8, 4) is 0 Å². The molecule has 0 saturated carbocycles. The van der Waals surface area contributed by atoms with Crippen molar-refractivity contribution >= 4 is 21.1 Å². The molecule has 1 unspecified atom stereocenters. The standard InChI is InChI=1S/C20H23N3O3S/c1-4-7-17(22-27(25,26)15-12-10-14(2)11-13-15)19-20(24)23(3)18-9-6-5-8-16(18)21-19/h5-6,8-13,17,22H,4,7H2,1-3H3. The molecule has 0 fully saturated rings. The van der Waals surface area contributed by atoms with Crippen molar-refractivity contribution in [2.45, 2.75) is 37.6 Å². The fraction of sp³-hybridized carbons (Fsp3) is 0.300. The lowest BCUT2D eigenvalue weighted by molar-refractivity contribution is 0.524. The van der Waals surface area contributed by atoms with E-state index in [2.05, 4.69) is 9.71 Å². The van der Waals surface area contributed by atoms with Crippen LogP contribution in [0.2, 0.25) is 0 Å². The van der Waals surface area contributed by atoms with Gasteiger partial charge in [0.1, 0.15) is 5.69 Å². The van der Waals surface area contributed by atoms with E-state index in [9.17, 15) is 13.2 Å². The molecule has 1 heterocycles. The normalized spacial score (nSPS) is 13.0. The molecule has 0 aliphatic carbocycles. The summed E-state index contributed by atoms with van der Waals surface area (Å²) in [4.78, 5) is 17.5. The fourth-order valence-electron chi connectivity index (χ4n) is 3.04. The Morgan fingerprint density at radius 1 is 1.11 bits per heavy atom. The highest BCUT2D eigenvalue weighted by atomic mass is 32.2. The molecule has 2 aromatic carbocycles. The minimum atomic E-state index is -3.77. The number of para-hydroxylation sites is 2. The third-order valence-electron chi connectivity index (χ3n) is 4.54. The van der Waals surface area contributed by atoms with E-state index in [1.165, 1.54) is 4.57 Å². The van der Waals surface area contributed by atoms with Crippen LogP contribution in [-0.2, 0) is 17.1 Å². The zero-order valence-electron chi connectivity index (χ0n) is 15.6. The smallest absolute Gasteiger partial charge is 0.274 e. The Morgan fingerprint density at radius 2 is 1.78 bits per heavy atom. The van der Waals surface area contributed by atoms with Crippen LogP contribution in [0.15, 0.2) is 58.2 Å². The molecule has 142 valence electrons. The average Bonchev–Trinajstić information content (AvgIpc) is 2.64. The van der Waals surface area contributed by atoms with Crippen molar-refractivity contribution in [2.24, 2.45) is 7.05 Å². The van der Waals surface area contributed by atoms with E-state index in [0.29, 0.717) is 23.9 Å². The van der Waals surface area contributed by atoms with Gasteiger partial charge in [0.2, 0.25) is 10.0 Å². The van der Waals surface area contributed by atoms with Crippen molar-refractivity contribution in [2.75, 3.05) is 0 Å². The summed E-state index contributed by atoms with van der Waals surface area (Å²) in [6, 6.07) is 13.2. The van der Waals surface area contributed by atoms with Crippen LogP contribution in [0.3, 0.4) is 0 Å². The van der Waals surface area contributed by atoms with Gasteiger partial charge in [-0.3, -0.25) is 4.79 Å². The summed E-state index contributed by atoms with van der Waals surface area (Å²) >= 11 is 0. The second-order valence-electron chi connectivity index (χ2n) is 6.63. The van der Waals surface area contributed by atoms with E-state index in [1.54, 1.807) is 31.3 Å². The highest BCUT2D eigenvalue weighted by molar-refractivity contribution is 7.89. The summed E-state index contributed by atoms with van der Waals surface area (Å²) < 4.78 is 29.8. The summed E-state index contributed by atoms with van der Waals surface area (Å²) in [5.74, 6) is 0. The molecule has 0 saturated heterocycles. The Kier molecular flexibility index (Phi) is 5.43. The van der Waals surface area contributed by atoms with Crippen molar-refractivity contribution < 1.29 is 8.42 Å². The van der Waals surface area contributed by atoms with Gasteiger partial charge < -0.3 is 4.57 Å². The third-order valence-corrected chi connectivity index (χ3v) is 6.03. The highest BCUT2D eigenvalue weighted by Crippen LogP contribution is 2.20. The molecule has 0 aliphatic rings. The number of aromatic nitrogens is 2. The molecule has 0 aliphatic heterocycles. The molecular weight excluding hydrogens is 362 g/mol. The van der Waals surface area contributed by atoms with Gasteiger partial charge in [0.15, 0.2) is 0 Å². The van der Waals surface area contributed by atoms with Crippen molar-refractivity contribution in [3.63, 3.8) is 0 Å². The molecular formula is C20H23N3O3S. The molecule has 3 rings (SSSR count). The lowest BCUT2D eigenvalue weighted by atomic mass is 10.1. The van der Waals surface area contributed by atoms with Crippen LogP contribution in [0.1, 0.15) is 37.1 Å². The Hall–Kier alpha value is -2.51. The zero-order chi connectivity index (χ0) is 19.6. The number of benzene rings is 2. The van der Waals surface area contributed by atoms with E-state index in [-0.39, 0.29) is 16.1 Å². The van der Waals surface area contributed by atoms with E-state index in [0.717, 1.165) is 5.56 Å². The maximum Gasteiger partial charge on any atom is 0.274 e. The summed E-state index contributed by atoms with van der Waals surface area (Å²) in [5, 5.41) is 0. The van der Waals surface area contributed by atoms with Gasteiger partial charge in [0, 0.05) is 7.05 Å². The first-order valence-corrected chi connectivity index (χ1v) is 10.4. The first kappa shape index (κ1) is 19.3. The molecule has 3 aromatic rings. The Morgan fingerprint density at radius 3 is 2.44 bits per heavy atom.